The number of halogens is 1. The lowest BCUT2D eigenvalue weighted by molar-refractivity contribution is -0.136. The molecule has 6 nitrogen and oxygen atoms in total. The van der Waals surface area contributed by atoms with Crippen LogP contribution in [0.25, 0.3) is 0 Å². The number of nitrogens with zero attached hydrogens (tertiary/aromatic N) is 2. The van der Waals surface area contributed by atoms with Gasteiger partial charge in [-0.15, -0.1) is 0 Å². The largest absolute Gasteiger partial charge is 0.357 e. The lowest BCUT2D eigenvalue weighted by Gasteiger charge is -2.19. The standard InChI is InChI=1S/C19H23FN4O2/c1-4-24(5-2)17-9-7-14(11-21-17)12-22-18(25)19(26)23-16-10-13(3)6-8-15(16)20/h6-11H,4-5,12H2,1-3H3,(H,22,25)(H,23,26). The first-order chi connectivity index (χ1) is 12.4. The van der Waals surface area contributed by atoms with Crippen molar-refractivity contribution in [1.29, 1.82) is 0 Å². The first-order valence-corrected chi connectivity index (χ1v) is 8.49. The molecule has 2 aromatic rings. The summed E-state index contributed by atoms with van der Waals surface area (Å²) in [6.07, 6.45) is 1.66. The Balaban J connectivity index is 1.91. The molecule has 138 valence electrons. The Morgan fingerprint density at radius 1 is 1.12 bits per heavy atom. The molecule has 0 unspecified atom stereocenters. The number of nitrogens with one attached hydrogen (secondary N) is 2. The van der Waals surface area contributed by atoms with E-state index in [-0.39, 0.29) is 12.2 Å². The van der Waals surface area contributed by atoms with E-state index in [1.807, 2.05) is 12.1 Å². The highest BCUT2D eigenvalue weighted by Crippen LogP contribution is 2.15. The van der Waals surface area contributed by atoms with Crippen molar-refractivity contribution in [2.45, 2.75) is 27.3 Å². The fourth-order valence-electron chi connectivity index (χ4n) is 2.43. The van der Waals surface area contributed by atoms with Gasteiger partial charge in [0.1, 0.15) is 11.6 Å². The van der Waals surface area contributed by atoms with Crippen LogP contribution in [0, 0.1) is 12.7 Å². The third-order valence-electron chi connectivity index (χ3n) is 3.93. The van der Waals surface area contributed by atoms with Gasteiger partial charge in [0.15, 0.2) is 0 Å². The average molecular weight is 358 g/mol. The van der Waals surface area contributed by atoms with Crippen molar-refractivity contribution >= 4 is 23.3 Å². The molecule has 0 fully saturated rings. The zero-order valence-corrected chi connectivity index (χ0v) is 15.2. The number of hydrogen-bond donors (Lipinski definition) is 2. The van der Waals surface area contributed by atoms with Crippen LogP contribution in [0.4, 0.5) is 15.9 Å². The number of hydrogen-bond acceptors (Lipinski definition) is 4. The third-order valence-corrected chi connectivity index (χ3v) is 3.93. The fourth-order valence-corrected chi connectivity index (χ4v) is 2.43. The molecular formula is C19H23FN4O2. The summed E-state index contributed by atoms with van der Waals surface area (Å²) in [5, 5.41) is 4.78. The number of anilines is 2. The summed E-state index contributed by atoms with van der Waals surface area (Å²) in [5.74, 6) is -1.48. The van der Waals surface area contributed by atoms with Crippen LogP contribution in [0.1, 0.15) is 25.0 Å². The Morgan fingerprint density at radius 2 is 1.85 bits per heavy atom. The molecule has 0 atom stereocenters. The number of rotatable bonds is 6. The molecule has 1 aromatic heterocycles. The fraction of sp³-hybridized carbons (Fsp3) is 0.316. The second-order valence-corrected chi connectivity index (χ2v) is 5.82. The molecule has 1 aromatic carbocycles. The van der Waals surface area contributed by atoms with Gasteiger partial charge >= 0.3 is 11.8 Å². The van der Waals surface area contributed by atoms with E-state index in [0.29, 0.717) is 0 Å². The molecule has 0 aliphatic heterocycles. The number of aromatic nitrogens is 1. The molecule has 0 aliphatic rings. The van der Waals surface area contributed by atoms with Crippen molar-refractivity contribution in [2.24, 2.45) is 0 Å². The third kappa shape index (κ3) is 5.02. The van der Waals surface area contributed by atoms with Crippen molar-refractivity contribution in [3.05, 3.63) is 53.5 Å². The minimum atomic E-state index is -0.915. The van der Waals surface area contributed by atoms with Gasteiger partial charge < -0.3 is 15.5 Å². The Labute approximate surface area is 152 Å². The number of pyridine rings is 1. The van der Waals surface area contributed by atoms with Crippen LogP contribution in [-0.4, -0.2) is 29.9 Å². The predicted molar refractivity (Wildman–Crippen MR) is 99.4 cm³/mol. The molecule has 1 heterocycles. The van der Waals surface area contributed by atoms with E-state index in [0.717, 1.165) is 30.0 Å². The highest BCUT2D eigenvalue weighted by Gasteiger charge is 2.15. The molecule has 2 rings (SSSR count). The van der Waals surface area contributed by atoms with Crippen LogP contribution in [0.5, 0.6) is 0 Å². The van der Waals surface area contributed by atoms with Gasteiger partial charge in [-0.1, -0.05) is 12.1 Å². The molecule has 2 N–H and O–H groups in total. The highest BCUT2D eigenvalue weighted by atomic mass is 19.1. The van der Waals surface area contributed by atoms with Crippen LogP contribution >= 0.6 is 0 Å². The van der Waals surface area contributed by atoms with E-state index in [9.17, 15) is 14.0 Å². The zero-order chi connectivity index (χ0) is 19.1. The summed E-state index contributed by atoms with van der Waals surface area (Å²) >= 11 is 0. The van der Waals surface area contributed by atoms with Gasteiger partial charge in [0.05, 0.1) is 5.69 Å². The summed E-state index contributed by atoms with van der Waals surface area (Å²) in [6, 6.07) is 8.01. The van der Waals surface area contributed by atoms with E-state index >= 15 is 0 Å². The van der Waals surface area contributed by atoms with E-state index in [4.69, 9.17) is 0 Å². The minimum absolute atomic E-state index is 0.0182. The van der Waals surface area contributed by atoms with Crippen molar-refractivity contribution in [2.75, 3.05) is 23.3 Å². The summed E-state index contributed by atoms with van der Waals surface area (Å²) in [7, 11) is 0. The van der Waals surface area contributed by atoms with Crippen LogP contribution in [0.15, 0.2) is 36.5 Å². The monoisotopic (exact) mass is 358 g/mol. The van der Waals surface area contributed by atoms with E-state index < -0.39 is 17.6 Å². The number of carbonyl (C=O) groups is 2. The van der Waals surface area contributed by atoms with Crippen molar-refractivity contribution in [3.8, 4) is 0 Å². The Morgan fingerprint density at radius 3 is 2.46 bits per heavy atom. The molecule has 2 amide bonds. The summed E-state index contributed by atoms with van der Waals surface area (Å²) in [6.45, 7) is 7.74. The molecular weight excluding hydrogens is 335 g/mol. The number of amides is 2. The van der Waals surface area contributed by atoms with Gasteiger partial charge in [0.2, 0.25) is 0 Å². The molecule has 0 radical (unpaired) electrons. The molecule has 7 heteroatoms. The molecule has 0 spiro atoms. The molecule has 26 heavy (non-hydrogen) atoms. The van der Waals surface area contributed by atoms with Gasteiger partial charge in [0.25, 0.3) is 0 Å². The van der Waals surface area contributed by atoms with Crippen molar-refractivity contribution in [3.63, 3.8) is 0 Å². The summed E-state index contributed by atoms with van der Waals surface area (Å²) < 4.78 is 13.6. The van der Waals surface area contributed by atoms with E-state index in [2.05, 4.69) is 34.4 Å². The normalized spacial score (nSPS) is 10.3. The predicted octanol–water partition coefficient (Wildman–Crippen LogP) is 2.63. The minimum Gasteiger partial charge on any atom is -0.357 e. The first-order valence-electron chi connectivity index (χ1n) is 8.49. The SMILES string of the molecule is CCN(CC)c1ccc(CNC(=O)C(=O)Nc2cc(C)ccc2F)cn1. The van der Waals surface area contributed by atoms with Gasteiger partial charge in [-0.25, -0.2) is 9.37 Å². The number of aryl methyl sites for hydroxylation is 1. The summed E-state index contributed by atoms with van der Waals surface area (Å²) in [5.41, 5.74) is 1.53. The zero-order valence-electron chi connectivity index (χ0n) is 15.2. The van der Waals surface area contributed by atoms with Crippen LogP contribution in [0.3, 0.4) is 0 Å². The Kier molecular flexibility index (Phi) is 6.66. The lowest BCUT2D eigenvalue weighted by atomic mass is 10.2. The van der Waals surface area contributed by atoms with Crippen LogP contribution in [-0.2, 0) is 16.1 Å². The maximum Gasteiger partial charge on any atom is 0.313 e. The van der Waals surface area contributed by atoms with Crippen LogP contribution < -0.4 is 15.5 Å². The van der Waals surface area contributed by atoms with Gasteiger partial charge in [-0.2, -0.15) is 0 Å². The first kappa shape index (κ1) is 19.4. The highest BCUT2D eigenvalue weighted by molar-refractivity contribution is 6.39. The van der Waals surface area contributed by atoms with Gasteiger partial charge in [-0.3, -0.25) is 9.59 Å². The average Bonchev–Trinajstić information content (AvgIpc) is 2.64. The van der Waals surface area contributed by atoms with E-state index in [1.165, 1.54) is 12.1 Å². The molecule has 0 aliphatic carbocycles. The van der Waals surface area contributed by atoms with Crippen molar-refractivity contribution < 1.29 is 14.0 Å². The van der Waals surface area contributed by atoms with Crippen LogP contribution in [0.2, 0.25) is 0 Å². The second-order valence-electron chi connectivity index (χ2n) is 5.82. The molecule has 0 bridgehead atoms. The van der Waals surface area contributed by atoms with Gasteiger partial charge in [-0.05, 0) is 50.1 Å². The molecule has 0 saturated carbocycles. The topological polar surface area (TPSA) is 74.3 Å². The maximum atomic E-state index is 13.6. The Hall–Kier alpha value is -2.96. The maximum absolute atomic E-state index is 13.6. The number of benzene rings is 1. The molecule has 0 saturated heterocycles. The second kappa shape index (κ2) is 8.94. The Bertz CT molecular complexity index is 774. The lowest BCUT2D eigenvalue weighted by Crippen LogP contribution is -2.35. The van der Waals surface area contributed by atoms with Crippen molar-refractivity contribution in [1.82, 2.24) is 10.3 Å². The quantitative estimate of drug-likeness (QED) is 0.779. The number of carbonyl (C=O) groups excluding carboxylic acids is 2. The summed E-state index contributed by atoms with van der Waals surface area (Å²) in [4.78, 5) is 30.3. The van der Waals surface area contributed by atoms with E-state index in [1.54, 1.807) is 19.2 Å². The van der Waals surface area contributed by atoms with Gasteiger partial charge in [0, 0.05) is 25.8 Å². The smallest absolute Gasteiger partial charge is 0.313 e.